The maximum Gasteiger partial charge on any atom is 0.296 e. The number of pyridine rings is 1. The Hall–Kier alpha value is -2.84. The minimum absolute atomic E-state index is 0.443. The van der Waals surface area contributed by atoms with Crippen molar-refractivity contribution in [3.05, 3.63) is 54.2 Å². The average molecular weight is 370 g/mol. The molecule has 134 valence electrons. The molecule has 1 aromatic heterocycles. The summed E-state index contributed by atoms with van der Waals surface area (Å²) in [5.41, 5.74) is 4.42. The zero-order chi connectivity index (χ0) is 18.3. The molecular weight excluding hydrogens is 352 g/mol. The molecule has 0 aliphatic carbocycles. The van der Waals surface area contributed by atoms with E-state index in [-0.39, 0.29) is 0 Å². The topological polar surface area (TPSA) is 97.5 Å². The summed E-state index contributed by atoms with van der Waals surface area (Å²) in [7, 11) is -2.18. The molecule has 3 N–H and O–H groups in total. The predicted octanol–water partition coefficient (Wildman–Crippen LogP) is 2.55. The Morgan fingerprint density at radius 2 is 2.00 bits per heavy atom. The monoisotopic (exact) mass is 370 g/mol. The van der Waals surface area contributed by atoms with E-state index in [0.29, 0.717) is 5.69 Å². The molecule has 0 saturated heterocycles. The maximum absolute atomic E-state index is 11.3. The number of benzene rings is 2. The highest BCUT2D eigenvalue weighted by molar-refractivity contribution is 7.90. The van der Waals surface area contributed by atoms with Gasteiger partial charge in [-0.05, 0) is 42.3 Å². The molecule has 0 spiro atoms. The Bertz CT molecular complexity index is 1100. The van der Waals surface area contributed by atoms with Gasteiger partial charge in [-0.25, -0.2) is 5.14 Å². The van der Waals surface area contributed by atoms with Gasteiger partial charge in [-0.15, -0.1) is 0 Å². The standard InChI is InChI=1S/C18H18N4O3S/c1-25-14-4-5-15-16(11-14)20-8-6-17(15)22-9-7-12-2-3-13(10-18(12)22)21-26(19,23)24/h2-6,8,10-11,21H,7,9H2,1H3,(H2,19,23,24). The lowest BCUT2D eigenvalue weighted by atomic mass is 10.1. The summed E-state index contributed by atoms with van der Waals surface area (Å²) in [6, 6.07) is 13.2. The Labute approximate surface area is 151 Å². The van der Waals surface area contributed by atoms with Crippen molar-refractivity contribution in [3.63, 3.8) is 0 Å². The summed E-state index contributed by atoms with van der Waals surface area (Å²) in [5, 5.41) is 6.09. The molecule has 1 aliphatic heterocycles. The van der Waals surface area contributed by atoms with Crippen molar-refractivity contribution in [2.45, 2.75) is 6.42 Å². The van der Waals surface area contributed by atoms with Crippen LogP contribution in [0.4, 0.5) is 17.1 Å². The quantitative estimate of drug-likeness (QED) is 0.735. The minimum Gasteiger partial charge on any atom is -0.497 e. The van der Waals surface area contributed by atoms with E-state index in [2.05, 4.69) is 14.6 Å². The molecule has 4 rings (SSSR count). The van der Waals surface area contributed by atoms with Gasteiger partial charge in [-0.2, -0.15) is 8.42 Å². The number of ether oxygens (including phenoxy) is 1. The molecule has 0 saturated carbocycles. The molecule has 8 heteroatoms. The van der Waals surface area contributed by atoms with E-state index in [1.165, 1.54) is 0 Å². The largest absolute Gasteiger partial charge is 0.497 e. The number of methoxy groups -OCH3 is 1. The van der Waals surface area contributed by atoms with Crippen LogP contribution < -0.4 is 19.5 Å². The van der Waals surface area contributed by atoms with E-state index in [0.717, 1.165) is 46.6 Å². The molecule has 0 atom stereocenters. The molecule has 26 heavy (non-hydrogen) atoms. The maximum atomic E-state index is 11.3. The zero-order valence-electron chi connectivity index (χ0n) is 14.1. The van der Waals surface area contributed by atoms with Gasteiger partial charge in [0.25, 0.3) is 10.2 Å². The van der Waals surface area contributed by atoms with Crippen molar-refractivity contribution >= 4 is 38.2 Å². The third-order valence-corrected chi connectivity index (χ3v) is 4.98. The molecular formula is C18H18N4O3S. The van der Waals surface area contributed by atoms with Crippen LogP contribution in [0.15, 0.2) is 48.7 Å². The lowest BCUT2D eigenvalue weighted by Gasteiger charge is -2.22. The van der Waals surface area contributed by atoms with Crippen molar-refractivity contribution in [2.24, 2.45) is 5.14 Å². The number of nitrogens with zero attached hydrogens (tertiary/aromatic N) is 2. The Morgan fingerprint density at radius 1 is 1.15 bits per heavy atom. The average Bonchev–Trinajstić information content (AvgIpc) is 3.02. The fraction of sp³-hybridized carbons (Fsp3) is 0.167. The van der Waals surface area contributed by atoms with Crippen molar-refractivity contribution in [1.29, 1.82) is 0 Å². The van der Waals surface area contributed by atoms with Crippen LogP contribution in [0.5, 0.6) is 5.75 Å². The third kappa shape index (κ3) is 3.04. The van der Waals surface area contributed by atoms with Crippen LogP contribution in [0, 0.1) is 0 Å². The van der Waals surface area contributed by atoms with Gasteiger partial charge < -0.3 is 9.64 Å². The van der Waals surface area contributed by atoms with Crippen LogP contribution in [0.2, 0.25) is 0 Å². The lowest BCUT2D eigenvalue weighted by molar-refractivity contribution is 0.415. The summed E-state index contributed by atoms with van der Waals surface area (Å²) >= 11 is 0. The predicted molar refractivity (Wildman–Crippen MR) is 102 cm³/mol. The molecule has 0 amide bonds. The lowest BCUT2D eigenvalue weighted by Crippen LogP contribution is -2.21. The zero-order valence-corrected chi connectivity index (χ0v) is 15.0. The molecule has 0 unspecified atom stereocenters. The van der Waals surface area contributed by atoms with Crippen LogP contribution in [-0.4, -0.2) is 27.1 Å². The van der Waals surface area contributed by atoms with Crippen LogP contribution in [0.3, 0.4) is 0 Å². The first-order chi connectivity index (χ1) is 12.4. The van der Waals surface area contributed by atoms with E-state index in [1.54, 1.807) is 19.4 Å². The Balaban J connectivity index is 1.80. The molecule has 2 aromatic carbocycles. The van der Waals surface area contributed by atoms with Gasteiger partial charge >= 0.3 is 0 Å². The Morgan fingerprint density at radius 3 is 2.77 bits per heavy atom. The summed E-state index contributed by atoms with van der Waals surface area (Å²) in [6.07, 6.45) is 2.65. The van der Waals surface area contributed by atoms with Gasteiger partial charge in [0.15, 0.2) is 0 Å². The van der Waals surface area contributed by atoms with Crippen molar-refractivity contribution in [2.75, 3.05) is 23.3 Å². The highest BCUT2D eigenvalue weighted by Gasteiger charge is 2.23. The number of fused-ring (bicyclic) bond motifs is 2. The van der Waals surface area contributed by atoms with Gasteiger partial charge in [0.1, 0.15) is 5.75 Å². The van der Waals surface area contributed by atoms with Crippen LogP contribution in [0.25, 0.3) is 10.9 Å². The number of anilines is 3. The summed E-state index contributed by atoms with van der Waals surface area (Å²) < 4.78 is 30.2. The first kappa shape index (κ1) is 16.6. The summed E-state index contributed by atoms with van der Waals surface area (Å²) in [4.78, 5) is 6.60. The van der Waals surface area contributed by atoms with Crippen LogP contribution in [0.1, 0.15) is 5.56 Å². The van der Waals surface area contributed by atoms with Gasteiger partial charge in [-0.3, -0.25) is 9.71 Å². The van der Waals surface area contributed by atoms with Crippen LogP contribution in [-0.2, 0) is 16.6 Å². The second-order valence-electron chi connectivity index (χ2n) is 6.11. The van der Waals surface area contributed by atoms with Gasteiger partial charge in [0.05, 0.1) is 24.0 Å². The first-order valence-corrected chi connectivity index (χ1v) is 9.63. The summed E-state index contributed by atoms with van der Waals surface area (Å²) in [6.45, 7) is 0.805. The van der Waals surface area contributed by atoms with Crippen molar-refractivity contribution in [1.82, 2.24) is 4.98 Å². The molecule has 7 nitrogen and oxygen atoms in total. The van der Waals surface area contributed by atoms with E-state index in [9.17, 15) is 8.42 Å². The molecule has 1 aliphatic rings. The molecule has 2 heterocycles. The minimum atomic E-state index is -3.81. The van der Waals surface area contributed by atoms with Crippen molar-refractivity contribution < 1.29 is 13.2 Å². The molecule has 0 bridgehead atoms. The first-order valence-electron chi connectivity index (χ1n) is 8.08. The van der Waals surface area contributed by atoms with Crippen molar-refractivity contribution in [3.8, 4) is 5.75 Å². The molecule has 0 radical (unpaired) electrons. The smallest absolute Gasteiger partial charge is 0.296 e. The third-order valence-electron chi connectivity index (χ3n) is 4.46. The van der Waals surface area contributed by atoms with E-state index < -0.39 is 10.2 Å². The van der Waals surface area contributed by atoms with E-state index in [4.69, 9.17) is 9.88 Å². The second-order valence-corrected chi connectivity index (χ2v) is 7.40. The number of rotatable bonds is 4. The fourth-order valence-electron chi connectivity index (χ4n) is 3.33. The van der Waals surface area contributed by atoms with Gasteiger partial charge in [0.2, 0.25) is 0 Å². The summed E-state index contributed by atoms with van der Waals surface area (Å²) in [5.74, 6) is 0.753. The highest BCUT2D eigenvalue weighted by atomic mass is 32.2. The number of hydrogen-bond acceptors (Lipinski definition) is 5. The van der Waals surface area contributed by atoms with E-state index in [1.807, 2.05) is 36.4 Å². The second kappa shape index (κ2) is 6.15. The number of hydrogen-bond donors (Lipinski definition) is 2. The normalized spacial score (nSPS) is 13.7. The number of aromatic nitrogens is 1. The van der Waals surface area contributed by atoms with Gasteiger partial charge in [0, 0.05) is 29.9 Å². The Kier molecular flexibility index (Phi) is 3.93. The number of nitrogens with two attached hydrogens (primary N) is 1. The molecule has 3 aromatic rings. The SMILES string of the molecule is COc1ccc2c(N3CCc4ccc(NS(N)(=O)=O)cc43)ccnc2c1. The fourth-order valence-corrected chi connectivity index (χ4v) is 3.79. The number of nitrogens with one attached hydrogen (secondary N) is 1. The molecule has 0 fully saturated rings. The van der Waals surface area contributed by atoms with Crippen LogP contribution >= 0.6 is 0 Å². The highest BCUT2D eigenvalue weighted by Crippen LogP contribution is 2.39. The van der Waals surface area contributed by atoms with Gasteiger partial charge in [-0.1, -0.05) is 6.07 Å². The van der Waals surface area contributed by atoms with E-state index >= 15 is 0 Å².